The molecule has 3 unspecified atom stereocenters. The lowest BCUT2D eigenvalue weighted by molar-refractivity contribution is -0.127. The van der Waals surface area contributed by atoms with Crippen molar-refractivity contribution in [2.24, 2.45) is 7.05 Å². The van der Waals surface area contributed by atoms with Gasteiger partial charge in [0.2, 0.25) is 5.91 Å². The van der Waals surface area contributed by atoms with Crippen molar-refractivity contribution in [2.45, 2.75) is 50.4 Å². The molecule has 8 heteroatoms. The van der Waals surface area contributed by atoms with Gasteiger partial charge in [-0.3, -0.25) is 14.4 Å². The molecule has 1 aromatic heterocycles. The number of methoxy groups -OCH3 is 1. The minimum Gasteiger partial charge on any atom is -0.497 e. The molecule has 0 saturated carbocycles. The van der Waals surface area contributed by atoms with Crippen molar-refractivity contribution in [3.8, 4) is 5.75 Å². The molecule has 6 rings (SSSR count). The molecule has 4 aromatic rings. The topological polar surface area (TPSA) is 63.5 Å². The largest absolute Gasteiger partial charge is 0.497 e. The van der Waals surface area contributed by atoms with E-state index in [1.807, 2.05) is 66.7 Å². The number of benzene rings is 3. The van der Waals surface area contributed by atoms with Crippen molar-refractivity contribution in [3.05, 3.63) is 106 Å². The van der Waals surface area contributed by atoms with Gasteiger partial charge in [0, 0.05) is 36.5 Å². The standard InChI is InChI=1S/C31H32ClN5O2/c1-21-16-31(17-29(27-20-35(2)34-33-27)36(21)18-22-7-5-4-6-8-22)26-15-24(32)11-14-28(26)37(30(31)38)19-23-9-12-25(39-3)13-10-23/h4-15,20-21,29H,16-19H2,1-3H3. The zero-order valence-corrected chi connectivity index (χ0v) is 23.2. The highest BCUT2D eigenvalue weighted by Gasteiger charge is 2.56. The summed E-state index contributed by atoms with van der Waals surface area (Å²) >= 11 is 6.56. The Bertz CT molecular complexity index is 1490. The summed E-state index contributed by atoms with van der Waals surface area (Å²) < 4.78 is 7.06. The van der Waals surface area contributed by atoms with Crippen molar-refractivity contribution in [3.63, 3.8) is 0 Å². The van der Waals surface area contributed by atoms with Crippen LogP contribution in [0.4, 0.5) is 5.69 Å². The lowest BCUT2D eigenvalue weighted by Crippen LogP contribution is -2.53. The van der Waals surface area contributed by atoms with E-state index >= 15 is 0 Å². The van der Waals surface area contributed by atoms with Gasteiger partial charge in [-0.25, -0.2) is 0 Å². The number of nitrogens with zero attached hydrogens (tertiary/aromatic N) is 5. The monoisotopic (exact) mass is 541 g/mol. The minimum atomic E-state index is -0.707. The smallest absolute Gasteiger partial charge is 0.238 e. The Morgan fingerprint density at radius 2 is 1.74 bits per heavy atom. The molecule has 3 atom stereocenters. The number of carbonyl (C=O) groups excluding carboxylic acids is 1. The molecule has 39 heavy (non-hydrogen) atoms. The van der Waals surface area contributed by atoms with E-state index in [-0.39, 0.29) is 18.0 Å². The third-order valence-electron chi connectivity index (χ3n) is 8.24. The Balaban J connectivity index is 1.41. The highest BCUT2D eigenvalue weighted by atomic mass is 35.5. The number of rotatable bonds is 6. The fraction of sp³-hybridized carbons (Fsp3) is 0.323. The summed E-state index contributed by atoms with van der Waals surface area (Å²) in [6, 6.07) is 24.3. The van der Waals surface area contributed by atoms with Crippen molar-refractivity contribution in [1.82, 2.24) is 19.9 Å². The van der Waals surface area contributed by atoms with Crippen LogP contribution in [-0.2, 0) is 30.3 Å². The maximum atomic E-state index is 14.6. The van der Waals surface area contributed by atoms with Crippen LogP contribution in [0.15, 0.2) is 79.0 Å². The van der Waals surface area contributed by atoms with E-state index in [9.17, 15) is 4.79 Å². The maximum absolute atomic E-state index is 14.6. The molecular weight excluding hydrogens is 510 g/mol. The lowest BCUT2D eigenvalue weighted by atomic mass is 9.68. The fourth-order valence-electron chi connectivity index (χ4n) is 6.39. The molecule has 0 radical (unpaired) electrons. The summed E-state index contributed by atoms with van der Waals surface area (Å²) in [6.07, 6.45) is 3.28. The van der Waals surface area contributed by atoms with Crippen LogP contribution in [0.3, 0.4) is 0 Å². The number of hydrogen-bond acceptors (Lipinski definition) is 5. The Kier molecular flexibility index (Phi) is 6.65. The van der Waals surface area contributed by atoms with Crippen molar-refractivity contribution < 1.29 is 9.53 Å². The number of hydrogen-bond donors (Lipinski definition) is 0. The van der Waals surface area contributed by atoms with Gasteiger partial charge in [-0.05, 0) is 66.8 Å². The summed E-state index contributed by atoms with van der Waals surface area (Å²) in [4.78, 5) is 19.0. The molecule has 0 aliphatic carbocycles. The predicted molar refractivity (Wildman–Crippen MR) is 152 cm³/mol. The van der Waals surface area contributed by atoms with Crippen LogP contribution >= 0.6 is 11.6 Å². The first-order valence-corrected chi connectivity index (χ1v) is 13.7. The Morgan fingerprint density at radius 1 is 1.00 bits per heavy atom. The number of aryl methyl sites for hydroxylation is 1. The maximum Gasteiger partial charge on any atom is 0.238 e. The number of amides is 1. The van der Waals surface area contributed by atoms with Gasteiger partial charge >= 0.3 is 0 Å². The molecule has 1 amide bonds. The zero-order valence-electron chi connectivity index (χ0n) is 22.4. The second-order valence-electron chi connectivity index (χ2n) is 10.7. The molecule has 0 N–H and O–H groups in total. The number of fused-ring (bicyclic) bond motifs is 2. The summed E-state index contributed by atoms with van der Waals surface area (Å²) in [5.41, 5.74) is 4.39. The van der Waals surface area contributed by atoms with Crippen LogP contribution in [0.1, 0.15) is 48.2 Å². The van der Waals surface area contributed by atoms with E-state index in [4.69, 9.17) is 16.3 Å². The van der Waals surface area contributed by atoms with E-state index in [1.165, 1.54) is 5.56 Å². The van der Waals surface area contributed by atoms with E-state index in [1.54, 1.807) is 11.8 Å². The van der Waals surface area contributed by atoms with Gasteiger partial charge in [0.05, 0.1) is 30.8 Å². The van der Waals surface area contributed by atoms with Gasteiger partial charge in [-0.1, -0.05) is 59.3 Å². The van der Waals surface area contributed by atoms with Gasteiger partial charge in [-0.15, -0.1) is 5.10 Å². The van der Waals surface area contributed by atoms with Crippen molar-refractivity contribution in [2.75, 3.05) is 12.0 Å². The first-order valence-electron chi connectivity index (χ1n) is 13.3. The molecule has 0 bridgehead atoms. The molecule has 1 saturated heterocycles. The first kappa shape index (κ1) is 25.6. The van der Waals surface area contributed by atoms with Crippen molar-refractivity contribution in [1.29, 1.82) is 0 Å². The summed E-state index contributed by atoms with van der Waals surface area (Å²) in [7, 11) is 3.54. The molecule has 3 heterocycles. The molecule has 3 aromatic carbocycles. The van der Waals surface area contributed by atoms with Crippen LogP contribution in [0.5, 0.6) is 5.75 Å². The zero-order chi connectivity index (χ0) is 27.1. The van der Waals surface area contributed by atoms with E-state index in [0.717, 1.165) is 34.8 Å². The van der Waals surface area contributed by atoms with Gasteiger partial charge in [0.15, 0.2) is 0 Å². The highest BCUT2D eigenvalue weighted by molar-refractivity contribution is 6.31. The summed E-state index contributed by atoms with van der Waals surface area (Å²) in [5, 5.41) is 9.42. The number of aromatic nitrogens is 3. The minimum absolute atomic E-state index is 0.0839. The molecule has 1 spiro atoms. The summed E-state index contributed by atoms with van der Waals surface area (Å²) in [6.45, 7) is 3.47. The Labute approximate surface area is 233 Å². The SMILES string of the molecule is COc1ccc(CN2C(=O)C3(CC(C)N(Cc4ccccc4)C(c4cn(C)nn4)C3)c3cc(Cl)ccc32)cc1. The number of anilines is 1. The molecule has 1 fully saturated rings. The lowest BCUT2D eigenvalue weighted by Gasteiger charge is -2.47. The van der Waals surface area contributed by atoms with Crippen LogP contribution < -0.4 is 9.64 Å². The third-order valence-corrected chi connectivity index (χ3v) is 8.48. The van der Waals surface area contributed by atoms with Crippen LogP contribution in [0, 0.1) is 0 Å². The second-order valence-corrected chi connectivity index (χ2v) is 11.2. The van der Waals surface area contributed by atoms with Crippen LogP contribution in [-0.4, -0.2) is 39.0 Å². The molecule has 200 valence electrons. The van der Waals surface area contributed by atoms with Gasteiger partial charge in [0.1, 0.15) is 5.75 Å². The van der Waals surface area contributed by atoms with Crippen LogP contribution in [0.25, 0.3) is 0 Å². The van der Waals surface area contributed by atoms with Gasteiger partial charge in [0.25, 0.3) is 0 Å². The third kappa shape index (κ3) is 4.60. The quantitative estimate of drug-likeness (QED) is 0.314. The van der Waals surface area contributed by atoms with Crippen molar-refractivity contribution >= 4 is 23.2 Å². The van der Waals surface area contributed by atoms with Crippen LogP contribution in [0.2, 0.25) is 5.02 Å². The van der Waals surface area contributed by atoms with Gasteiger partial charge < -0.3 is 9.64 Å². The van der Waals surface area contributed by atoms with E-state index in [0.29, 0.717) is 24.4 Å². The molecular formula is C31H32ClN5O2. The van der Waals surface area contributed by atoms with Gasteiger partial charge in [-0.2, -0.15) is 0 Å². The first-order chi connectivity index (χ1) is 18.9. The average Bonchev–Trinajstić information content (AvgIpc) is 3.47. The molecule has 2 aliphatic heterocycles. The van der Waals surface area contributed by atoms with E-state index in [2.05, 4.69) is 46.4 Å². The molecule has 7 nitrogen and oxygen atoms in total. The average molecular weight is 542 g/mol. The Hall–Kier alpha value is -3.68. The number of carbonyl (C=O) groups is 1. The number of halogens is 1. The normalized spacial score (nSPS) is 22.9. The number of likely N-dealkylation sites (tertiary alicyclic amines) is 1. The molecule has 2 aliphatic rings. The number of ether oxygens (including phenoxy) is 1. The highest BCUT2D eigenvalue weighted by Crippen LogP contribution is 2.54. The number of piperidine rings is 1. The van der Waals surface area contributed by atoms with E-state index < -0.39 is 5.41 Å². The fourth-order valence-corrected chi connectivity index (χ4v) is 6.56. The summed E-state index contributed by atoms with van der Waals surface area (Å²) in [5.74, 6) is 0.914. The Morgan fingerprint density at radius 3 is 2.44 bits per heavy atom. The second kappa shape index (κ2) is 10.1. The predicted octanol–water partition coefficient (Wildman–Crippen LogP) is 5.69.